The molecule has 2 rings (SSSR count). The summed E-state index contributed by atoms with van der Waals surface area (Å²) in [6.45, 7) is 5.06. The molecule has 0 aliphatic rings. The van der Waals surface area contributed by atoms with Crippen molar-refractivity contribution in [2.45, 2.75) is 19.2 Å². The van der Waals surface area contributed by atoms with E-state index in [9.17, 15) is 0 Å². The summed E-state index contributed by atoms with van der Waals surface area (Å²) in [7, 11) is 0. The van der Waals surface area contributed by atoms with Crippen molar-refractivity contribution in [2.24, 2.45) is 0 Å². The molecule has 1 heterocycles. The van der Waals surface area contributed by atoms with Crippen molar-refractivity contribution in [3.05, 3.63) is 47.9 Å². The summed E-state index contributed by atoms with van der Waals surface area (Å²) in [6.07, 6.45) is 1.61. The van der Waals surface area contributed by atoms with E-state index < -0.39 is 0 Å². The van der Waals surface area contributed by atoms with Crippen molar-refractivity contribution >= 4 is 11.6 Å². The van der Waals surface area contributed by atoms with Gasteiger partial charge in [0.25, 0.3) is 0 Å². The molecule has 3 nitrogen and oxygen atoms in total. The Kier molecular flexibility index (Phi) is 4.74. The van der Waals surface area contributed by atoms with Gasteiger partial charge in [-0.3, -0.25) is 0 Å². The predicted octanol–water partition coefficient (Wildman–Crippen LogP) is 4.41. The molecule has 0 fully saturated rings. The van der Waals surface area contributed by atoms with E-state index >= 15 is 0 Å². The average molecular weight is 281 g/mol. The second-order valence-corrected chi connectivity index (χ2v) is 4.39. The van der Waals surface area contributed by atoms with Crippen LogP contribution in [-0.4, -0.2) is 13.2 Å². The molecule has 1 unspecified atom stereocenters. The van der Waals surface area contributed by atoms with E-state index in [-0.39, 0.29) is 5.38 Å². The van der Waals surface area contributed by atoms with E-state index in [1.807, 2.05) is 44.2 Å². The van der Waals surface area contributed by atoms with Gasteiger partial charge in [0.2, 0.25) is 0 Å². The highest BCUT2D eigenvalue weighted by atomic mass is 35.5. The highest BCUT2D eigenvalue weighted by Gasteiger charge is 2.16. The Morgan fingerprint density at radius 2 is 1.84 bits per heavy atom. The molecule has 0 radical (unpaired) electrons. The zero-order valence-corrected chi connectivity index (χ0v) is 11.8. The zero-order valence-electron chi connectivity index (χ0n) is 11.1. The van der Waals surface area contributed by atoms with Crippen LogP contribution in [-0.2, 0) is 0 Å². The standard InChI is InChI=1S/C15H17ClO3/c1-3-17-12-8-7-11(10-14(12)18-4-2)15(16)13-6-5-9-19-13/h5-10,15H,3-4H2,1-2H3. The minimum Gasteiger partial charge on any atom is -0.490 e. The molecule has 0 saturated heterocycles. The molecule has 102 valence electrons. The topological polar surface area (TPSA) is 31.6 Å². The van der Waals surface area contributed by atoms with E-state index in [0.717, 1.165) is 11.3 Å². The first kappa shape index (κ1) is 13.8. The summed E-state index contributed by atoms with van der Waals surface area (Å²) >= 11 is 6.38. The Bertz CT molecular complexity index is 508. The molecule has 0 amide bonds. The third-order valence-corrected chi connectivity index (χ3v) is 3.12. The van der Waals surface area contributed by atoms with Gasteiger partial charge < -0.3 is 13.9 Å². The van der Waals surface area contributed by atoms with Gasteiger partial charge in [-0.1, -0.05) is 6.07 Å². The summed E-state index contributed by atoms with van der Waals surface area (Å²) in [4.78, 5) is 0. The number of hydrogen-bond donors (Lipinski definition) is 0. The molecule has 0 N–H and O–H groups in total. The molecule has 19 heavy (non-hydrogen) atoms. The minimum absolute atomic E-state index is 0.329. The third kappa shape index (κ3) is 3.24. The van der Waals surface area contributed by atoms with E-state index in [4.69, 9.17) is 25.5 Å². The van der Waals surface area contributed by atoms with Crippen molar-refractivity contribution < 1.29 is 13.9 Å². The van der Waals surface area contributed by atoms with E-state index in [0.29, 0.717) is 24.7 Å². The maximum Gasteiger partial charge on any atom is 0.161 e. The molecule has 1 aromatic carbocycles. The second kappa shape index (κ2) is 6.53. The SMILES string of the molecule is CCOc1ccc(C(Cl)c2ccco2)cc1OCC. The lowest BCUT2D eigenvalue weighted by Gasteiger charge is -2.14. The average Bonchev–Trinajstić information content (AvgIpc) is 2.94. The molecular weight excluding hydrogens is 264 g/mol. The lowest BCUT2D eigenvalue weighted by Crippen LogP contribution is -2.00. The van der Waals surface area contributed by atoms with Crippen LogP contribution in [0.4, 0.5) is 0 Å². The van der Waals surface area contributed by atoms with Gasteiger partial charge in [0.05, 0.1) is 19.5 Å². The van der Waals surface area contributed by atoms with E-state index in [2.05, 4.69) is 0 Å². The molecule has 1 atom stereocenters. The number of hydrogen-bond acceptors (Lipinski definition) is 3. The van der Waals surface area contributed by atoms with Gasteiger partial charge in [-0.05, 0) is 43.7 Å². The highest BCUT2D eigenvalue weighted by molar-refractivity contribution is 6.22. The van der Waals surface area contributed by atoms with Crippen LogP contribution in [0, 0.1) is 0 Å². The minimum atomic E-state index is -0.329. The maximum absolute atomic E-state index is 6.38. The van der Waals surface area contributed by atoms with Crippen LogP contribution in [0.15, 0.2) is 41.0 Å². The van der Waals surface area contributed by atoms with Crippen molar-refractivity contribution in [2.75, 3.05) is 13.2 Å². The Morgan fingerprint density at radius 1 is 1.11 bits per heavy atom. The van der Waals surface area contributed by atoms with Crippen molar-refractivity contribution in [1.29, 1.82) is 0 Å². The summed E-state index contributed by atoms with van der Waals surface area (Å²) in [6, 6.07) is 9.38. The van der Waals surface area contributed by atoms with Gasteiger partial charge in [-0.15, -0.1) is 11.6 Å². The first-order chi connectivity index (χ1) is 9.26. The van der Waals surface area contributed by atoms with Crippen molar-refractivity contribution in [1.82, 2.24) is 0 Å². The molecule has 2 aromatic rings. The number of halogens is 1. The molecular formula is C15H17ClO3. The van der Waals surface area contributed by atoms with Crippen LogP contribution in [0.1, 0.15) is 30.5 Å². The lowest BCUT2D eigenvalue weighted by molar-refractivity contribution is 0.287. The van der Waals surface area contributed by atoms with Crippen LogP contribution < -0.4 is 9.47 Å². The van der Waals surface area contributed by atoms with E-state index in [1.165, 1.54) is 0 Å². The Balaban J connectivity index is 2.29. The number of furan rings is 1. The smallest absolute Gasteiger partial charge is 0.161 e. The van der Waals surface area contributed by atoms with Gasteiger partial charge in [0.1, 0.15) is 11.1 Å². The fourth-order valence-electron chi connectivity index (χ4n) is 1.83. The quantitative estimate of drug-likeness (QED) is 0.735. The largest absolute Gasteiger partial charge is 0.490 e. The number of ether oxygens (including phenoxy) is 2. The second-order valence-electron chi connectivity index (χ2n) is 3.95. The van der Waals surface area contributed by atoms with Crippen molar-refractivity contribution in [3.8, 4) is 11.5 Å². The zero-order chi connectivity index (χ0) is 13.7. The number of rotatable bonds is 6. The number of alkyl halides is 1. The normalized spacial score (nSPS) is 12.2. The molecule has 4 heteroatoms. The van der Waals surface area contributed by atoms with Crippen LogP contribution in [0.2, 0.25) is 0 Å². The highest BCUT2D eigenvalue weighted by Crippen LogP contribution is 2.35. The Labute approximate surface area is 118 Å². The van der Waals surface area contributed by atoms with Crippen LogP contribution in [0.25, 0.3) is 0 Å². The fourth-order valence-corrected chi connectivity index (χ4v) is 2.09. The van der Waals surface area contributed by atoms with Crippen LogP contribution in [0.3, 0.4) is 0 Å². The predicted molar refractivity (Wildman–Crippen MR) is 75.2 cm³/mol. The maximum atomic E-state index is 6.38. The molecule has 1 aromatic heterocycles. The Hall–Kier alpha value is -1.61. The molecule has 0 aliphatic carbocycles. The molecule has 0 spiro atoms. The van der Waals surface area contributed by atoms with E-state index in [1.54, 1.807) is 6.26 Å². The molecule has 0 saturated carbocycles. The van der Waals surface area contributed by atoms with Gasteiger partial charge in [-0.25, -0.2) is 0 Å². The molecule has 0 bridgehead atoms. The summed E-state index contributed by atoms with van der Waals surface area (Å²) in [5.74, 6) is 2.16. The lowest BCUT2D eigenvalue weighted by atomic mass is 10.1. The first-order valence-electron chi connectivity index (χ1n) is 6.33. The van der Waals surface area contributed by atoms with Gasteiger partial charge in [0, 0.05) is 0 Å². The van der Waals surface area contributed by atoms with Gasteiger partial charge in [0.15, 0.2) is 11.5 Å². The van der Waals surface area contributed by atoms with Crippen molar-refractivity contribution in [3.63, 3.8) is 0 Å². The first-order valence-corrected chi connectivity index (χ1v) is 6.77. The third-order valence-electron chi connectivity index (χ3n) is 2.65. The van der Waals surface area contributed by atoms with Gasteiger partial charge in [-0.2, -0.15) is 0 Å². The molecule has 0 aliphatic heterocycles. The fraction of sp³-hybridized carbons (Fsp3) is 0.333. The van der Waals surface area contributed by atoms with Gasteiger partial charge >= 0.3 is 0 Å². The number of benzene rings is 1. The summed E-state index contributed by atoms with van der Waals surface area (Å²) < 4.78 is 16.4. The monoisotopic (exact) mass is 280 g/mol. The summed E-state index contributed by atoms with van der Waals surface area (Å²) in [5.41, 5.74) is 0.920. The summed E-state index contributed by atoms with van der Waals surface area (Å²) in [5, 5.41) is -0.329. The van der Waals surface area contributed by atoms with Crippen LogP contribution >= 0.6 is 11.6 Å². The van der Waals surface area contributed by atoms with Crippen LogP contribution in [0.5, 0.6) is 11.5 Å². The Morgan fingerprint density at radius 3 is 2.47 bits per heavy atom.